The van der Waals surface area contributed by atoms with Crippen molar-refractivity contribution >= 4 is 17.4 Å². The molecule has 1 aromatic carbocycles. The van der Waals surface area contributed by atoms with Crippen molar-refractivity contribution < 1.29 is 18.0 Å². The summed E-state index contributed by atoms with van der Waals surface area (Å²) < 4.78 is 40.6. The summed E-state index contributed by atoms with van der Waals surface area (Å²) in [7, 11) is 0. The van der Waals surface area contributed by atoms with Crippen molar-refractivity contribution in [3.63, 3.8) is 0 Å². The van der Waals surface area contributed by atoms with E-state index < -0.39 is 23.5 Å². The molecule has 0 spiro atoms. The summed E-state index contributed by atoms with van der Waals surface area (Å²) in [6, 6.07) is 2.21. The lowest BCUT2D eigenvalue weighted by Gasteiger charge is -2.34. The van der Waals surface area contributed by atoms with Gasteiger partial charge < -0.3 is 10.2 Å². The first-order chi connectivity index (χ1) is 10.9. The number of aromatic nitrogens is 1. The average molecular weight is 321 g/mol. The van der Waals surface area contributed by atoms with Crippen LogP contribution in [0.1, 0.15) is 24.1 Å². The lowest BCUT2D eigenvalue weighted by molar-refractivity contribution is -0.117. The zero-order valence-corrected chi connectivity index (χ0v) is 12.5. The molecule has 1 aliphatic rings. The number of pyridine rings is 1. The fourth-order valence-electron chi connectivity index (χ4n) is 2.67. The summed E-state index contributed by atoms with van der Waals surface area (Å²) in [5, 5.41) is 2.88. The third-order valence-corrected chi connectivity index (χ3v) is 3.82. The zero-order chi connectivity index (χ0) is 16.7. The van der Waals surface area contributed by atoms with Gasteiger partial charge in [0.2, 0.25) is 5.91 Å². The van der Waals surface area contributed by atoms with Gasteiger partial charge in [-0.15, -0.1) is 0 Å². The second-order valence-electron chi connectivity index (χ2n) is 5.46. The van der Waals surface area contributed by atoms with Crippen LogP contribution in [0.4, 0.5) is 24.7 Å². The fraction of sp³-hybridized carbons (Fsp3) is 0.250. The molecule has 120 valence electrons. The molecule has 1 N–H and O–H groups in total. The molecule has 3 rings (SSSR count). The number of halogens is 3. The highest BCUT2D eigenvalue weighted by Gasteiger charge is 2.31. The maximum absolute atomic E-state index is 14.0. The summed E-state index contributed by atoms with van der Waals surface area (Å²) in [4.78, 5) is 17.8. The Morgan fingerprint density at radius 2 is 1.87 bits per heavy atom. The van der Waals surface area contributed by atoms with Crippen molar-refractivity contribution in [1.29, 1.82) is 0 Å². The minimum Gasteiger partial charge on any atom is -0.359 e. The Morgan fingerprint density at radius 3 is 2.61 bits per heavy atom. The van der Waals surface area contributed by atoms with Crippen molar-refractivity contribution in [2.75, 3.05) is 16.8 Å². The molecule has 0 fully saturated rings. The molecular weight excluding hydrogens is 307 g/mol. The van der Waals surface area contributed by atoms with Crippen molar-refractivity contribution in [3.8, 4) is 0 Å². The lowest BCUT2D eigenvalue weighted by atomic mass is 10.0. The van der Waals surface area contributed by atoms with Crippen molar-refractivity contribution in [3.05, 3.63) is 53.0 Å². The Bertz CT molecular complexity index is 794. The van der Waals surface area contributed by atoms with E-state index in [1.165, 1.54) is 4.90 Å². The van der Waals surface area contributed by atoms with E-state index in [-0.39, 0.29) is 18.0 Å². The van der Waals surface area contributed by atoms with E-state index in [1.54, 1.807) is 19.2 Å². The maximum atomic E-state index is 14.0. The third kappa shape index (κ3) is 2.62. The first kappa shape index (κ1) is 15.3. The maximum Gasteiger partial charge on any atom is 0.247 e. The van der Waals surface area contributed by atoms with Crippen LogP contribution in [0, 0.1) is 24.4 Å². The molecule has 2 aromatic rings. The number of carbonyl (C=O) groups excluding carboxylic acids is 1. The predicted molar refractivity (Wildman–Crippen MR) is 79.7 cm³/mol. The van der Waals surface area contributed by atoms with E-state index in [9.17, 15) is 18.0 Å². The van der Waals surface area contributed by atoms with E-state index in [2.05, 4.69) is 10.3 Å². The van der Waals surface area contributed by atoms with Gasteiger partial charge in [0.25, 0.3) is 0 Å². The normalized spacial score (nSPS) is 15.2. The Hall–Kier alpha value is -2.57. The Kier molecular flexibility index (Phi) is 3.71. The molecule has 1 aliphatic heterocycles. The van der Waals surface area contributed by atoms with Crippen LogP contribution in [0.2, 0.25) is 0 Å². The number of hydrogen-bond acceptors (Lipinski definition) is 3. The minimum atomic E-state index is -1.26. The van der Waals surface area contributed by atoms with Gasteiger partial charge >= 0.3 is 0 Å². The van der Waals surface area contributed by atoms with Gasteiger partial charge in [0.1, 0.15) is 11.6 Å². The molecule has 1 aromatic heterocycles. The van der Waals surface area contributed by atoms with Crippen LogP contribution in [0.3, 0.4) is 0 Å². The van der Waals surface area contributed by atoms with Crippen LogP contribution in [-0.4, -0.2) is 17.4 Å². The molecule has 0 bridgehead atoms. The van der Waals surface area contributed by atoms with Gasteiger partial charge in [0.15, 0.2) is 11.6 Å². The standard InChI is InChI=1S/C16H14F3N3O/c1-8-3-14-16(20-6-8)21-7-15(23)22(14)9(2)10-4-12(18)13(19)5-11(10)17/h3-6,9H,7H2,1-2H3,(H,20,21). The van der Waals surface area contributed by atoms with Crippen LogP contribution in [0.15, 0.2) is 24.4 Å². The van der Waals surface area contributed by atoms with Crippen molar-refractivity contribution in [1.82, 2.24) is 4.98 Å². The number of nitrogens with zero attached hydrogens (tertiary/aromatic N) is 2. The van der Waals surface area contributed by atoms with Crippen LogP contribution >= 0.6 is 0 Å². The SMILES string of the molecule is Cc1cnc2c(c1)N(C(C)c1cc(F)c(F)cc1F)C(=O)CN2. The van der Waals surface area contributed by atoms with Crippen LogP contribution in [0.5, 0.6) is 0 Å². The highest BCUT2D eigenvalue weighted by Crippen LogP contribution is 2.36. The number of carbonyl (C=O) groups is 1. The van der Waals surface area contributed by atoms with Gasteiger partial charge in [0, 0.05) is 17.8 Å². The van der Waals surface area contributed by atoms with Gasteiger partial charge in [0.05, 0.1) is 18.3 Å². The van der Waals surface area contributed by atoms with Crippen LogP contribution in [-0.2, 0) is 4.79 Å². The van der Waals surface area contributed by atoms with Gasteiger partial charge in [-0.05, 0) is 31.5 Å². The highest BCUT2D eigenvalue weighted by molar-refractivity contribution is 6.02. The molecule has 1 atom stereocenters. The van der Waals surface area contributed by atoms with E-state index in [0.717, 1.165) is 11.6 Å². The molecule has 0 radical (unpaired) electrons. The Morgan fingerprint density at radius 1 is 1.17 bits per heavy atom. The molecule has 1 amide bonds. The summed E-state index contributed by atoms with van der Waals surface area (Å²) in [5.74, 6) is -3.13. The number of amides is 1. The second kappa shape index (κ2) is 5.57. The Labute approximate surface area is 130 Å². The number of fused-ring (bicyclic) bond motifs is 1. The smallest absolute Gasteiger partial charge is 0.247 e. The fourth-order valence-corrected chi connectivity index (χ4v) is 2.67. The first-order valence-corrected chi connectivity index (χ1v) is 7.05. The van der Waals surface area contributed by atoms with E-state index in [0.29, 0.717) is 17.6 Å². The van der Waals surface area contributed by atoms with Gasteiger partial charge in [-0.25, -0.2) is 18.2 Å². The molecule has 7 heteroatoms. The van der Waals surface area contributed by atoms with Gasteiger partial charge in [-0.1, -0.05) is 0 Å². The minimum absolute atomic E-state index is 0.00129. The number of aryl methyl sites for hydroxylation is 1. The largest absolute Gasteiger partial charge is 0.359 e. The number of hydrogen-bond donors (Lipinski definition) is 1. The zero-order valence-electron chi connectivity index (χ0n) is 12.5. The summed E-state index contributed by atoms with van der Waals surface area (Å²) >= 11 is 0. The first-order valence-electron chi connectivity index (χ1n) is 7.05. The molecule has 2 heterocycles. The van der Waals surface area contributed by atoms with E-state index in [1.807, 2.05) is 6.92 Å². The van der Waals surface area contributed by atoms with E-state index >= 15 is 0 Å². The highest BCUT2D eigenvalue weighted by atomic mass is 19.2. The number of anilines is 2. The van der Waals surface area contributed by atoms with Crippen LogP contribution < -0.4 is 10.2 Å². The number of rotatable bonds is 2. The molecule has 0 saturated heterocycles. The summed E-state index contributed by atoms with van der Waals surface area (Å²) in [6.45, 7) is 3.37. The van der Waals surface area contributed by atoms with Crippen molar-refractivity contribution in [2.24, 2.45) is 0 Å². The summed E-state index contributed by atoms with van der Waals surface area (Å²) in [5.41, 5.74) is 1.22. The molecule has 0 aliphatic carbocycles. The van der Waals surface area contributed by atoms with Gasteiger partial charge in [-0.2, -0.15) is 0 Å². The molecule has 4 nitrogen and oxygen atoms in total. The third-order valence-electron chi connectivity index (χ3n) is 3.82. The number of benzene rings is 1. The number of nitrogens with one attached hydrogen (secondary N) is 1. The van der Waals surface area contributed by atoms with E-state index in [4.69, 9.17) is 0 Å². The monoisotopic (exact) mass is 321 g/mol. The molecule has 23 heavy (non-hydrogen) atoms. The topological polar surface area (TPSA) is 45.2 Å². The predicted octanol–water partition coefficient (Wildman–Crippen LogP) is 3.33. The Balaban J connectivity index is 2.09. The lowest BCUT2D eigenvalue weighted by Crippen LogP contribution is -2.42. The van der Waals surface area contributed by atoms with Crippen LogP contribution in [0.25, 0.3) is 0 Å². The molecule has 1 unspecified atom stereocenters. The summed E-state index contributed by atoms with van der Waals surface area (Å²) in [6.07, 6.45) is 1.64. The van der Waals surface area contributed by atoms with Gasteiger partial charge in [-0.3, -0.25) is 4.79 Å². The van der Waals surface area contributed by atoms with Crippen molar-refractivity contribution in [2.45, 2.75) is 19.9 Å². The quantitative estimate of drug-likeness (QED) is 0.863. The molecular formula is C16H14F3N3O. The average Bonchev–Trinajstić information content (AvgIpc) is 2.50. The molecule has 0 saturated carbocycles. The second-order valence-corrected chi connectivity index (χ2v) is 5.46.